The normalized spacial score (nSPS) is 20.3. The van der Waals surface area contributed by atoms with Crippen molar-refractivity contribution >= 4 is 34.9 Å². The fourth-order valence-electron chi connectivity index (χ4n) is 4.55. The van der Waals surface area contributed by atoms with Crippen LogP contribution in [0.25, 0.3) is 0 Å². The number of hydrogen-bond acceptors (Lipinski definition) is 6. The van der Waals surface area contributed by atoms with E-state index in [-0.39, 0.29) is 48.6 Å². The molecule has 1 aliphatic heterocycles. The van der Waals surface area contributed by atoms with Gasteiger partial charge in [0.15, 0.2) is 10.9 Å². The number of hydrogen-bond donors (Lipinski definition) is 0. The van der Waals surface area contributed by atoms with E-state index in [1.807, 2.05) is 0 Å². The number of ether oxygens (including phenoxy) is 2. The maximum Gasteiger partial charge on any atom is 0.417 e. The van der Waals surface area contributed by atoms with Crippen LogP contribution in [-0.2, 0) is 25.2 Å². The van der Waals surface area contributed by atoms with E-state index in [0.29, 0.717) is 24.6 Å². The molecule has 7 nitrogen and oxygen atoms in total. The zero-order valence-electron chi connectivity index (χ0n) is 20.9. The molecule has 0 aromatic heterocycles. The SMILES string of the molecule is CCOC(=O)C1(COC2=C(F)C=C(N3C(=S)N(c4ccc(C#N)c(C(F)(F)F)c4)C(=O)C3(C)C)CC2)CC1. The molecule has 1 aromatic carbocycles. The molecule has 1 heterocycles. The maximum atomic E-state index is 15.1. The van der Waals surface area contributed by atoms with Gasteiger partial charge in [-0.2, -0.15) is 18.4 Å². The summed E-state index contributed by atoms with van der Waals surface area (Å²) in [5.74, 6) is -1.59. The number of nitrogens with zero attached hydrogens (tertiary/aromatic N) is 3. The van der Waals surface area contributed by atoms with E-state index in [0.717, 1.165) is 11.0 Å². The van der Waals surface area contributed by atoms with Crippen LogP contribution in [0.3, 0.4) is 0 Å². The summed E-state index contributed by atoms with van der Waals surface area (Å²) in [5.41, 5.74) is -3.64. The van der Waals surface area contributed by atoms with Crippen LogP contribution in [0.4, 0.5) is 23.2 Å². The second-order valence-corrected chi connectivity index (χ2v) is 10.2. The number of anilines is 1. The molecular weight excluding hydrogens is 526 g/mol. The summed E-state index contributed by atoms with van der Waals surface area (Å²) in [6.07, 6.45) is -2.06. The quantitative estimate of drug-likeness (QED) is 0.251. The predicted molar refractivity (Wildman–Crippen MR) is 132 cm³/mol. The fourth-order valence-corrected chi connectivity index (χ4v) is 5.09. The maximum absolute atomic E-state index is 15.1. The highest BCUT2D eigenvalue weighted by Gasteiger charge is 2.53. The van der Waals surface area contributed by atoms with Crippen LogP contribution < -0.4 is 4.90 Å². The molecule has 4 rings (SSSR count). The van der Waals surface area contributed by atoms with Gasteiger partial charge in [-0.15, -0.1) is 0 Å². The minimum Gasteiger partial charge on any atom is -0.494 e. The molecule has 2 fully saturated rings. The van der Waals surface area contributed by atoms with Crippen molar-refractivity contribution in [3.05, 3.63) is 52.7 Å². The lowest BCUT2D eigenvalue weighted by molar-refractivity contribution is -0.151. The summed E-state index contributed by atoms with van der Waals surface area (Å²) in [6, 6.07) is 4.42. The highest BCUT2D eigenvalue weighted by molar-refractivity contribution is 7.80. The van der Waals surface area contributed by atoms with Crippen molar-refractivity contribution in [3.63, 3.8) is 0 Å². The number of nitriles is 1. The minimum absolute atomic E-state index is 0.00211. The molecule has 12 heteroatoms. The Morgan fingerprint density at radius 1 is 1.24 bits per heavy atom. The lowest BCUT2D eigenvalue weighted by Crippen LogP contribution is -2.43. The van der Waals surface area contributed by atoms with Crippen LogP contribution in [0, 0.1) is 16.7 Å². The van der Waals surface area contributed by atoms with Gasteiger partial charge in [-0.3, -0.25) is 14.5 Å². The third kappa shape index (κ3) is 4.75. The smallest absolute Gasteiger partial charge is 0.417 e. The molecule has 1 amide bonds. The highest BCUT2D eigenvalue weighted by Crippen LogP contribution is 2.48. The Morgan fingerprint density at radius 3 is 2.47 bits per heavy atom. The average molecular weight is 552 g/mol. The van der Waals surface area contributed by atoms with Crippen molar-refractivity contribution < 1.29 is 36.6 Å². The Kier molecular flexibility index (Phi) is 7.03. The third-order valence-electron chi connectivity index (χ3n) is 6.90. The Labute approximate surface area is 222 Å². The monoisotopic (exact) mass is 551 g/mol. The molecule has 0 N–H and O–H groups in total. The molecule has 0 spiro atoms. The van der Waals surface area contributed by atoms with Gasteiger partial charge in [0.25, 0.3) is 5.91 Å². The Balaban J connectivity index is 1.59. The van der Waals surface area contributed by atoms with Gasteiger partial charge in [-0.05, 0) is 76.5 Å². The van der Waals surface area contributed by atoms with Crippen molar-refractivity contribution in [1.29, 1.82) is 5.26 Å². The van der Waals surface area contributed by atoms with Crippen molar-refractivity contribution in [3.8, 4) is 6.07 Å². The van der Waals surface area contributed by atoms with E-state index in [1.165, 1.54) is 23.1 Å². The average Bonchev–Trinajstić information content (AvgIpc) is 3.61. The summed E-state index contributed by atoms with van der Waals surface area (Å²) in [7, 11) is 0. The van der Waals surface area contributed by atoms with Gasteiger partial charge < -0.3 is 14.4 Å². The number of esters is 1. The zero-order chi connectivity index (χ0) is 28.0. The second kappa shape index (κ2) is 9.69. The highest BCUT2D eigenvalue weighted by atomic mass is 32.1. The first-order valence-electron chi connectivity index (χ1n) is 12.0. The third-order valence-corrected chi connectivity index (χ3v) is 7.26. The van der Waals surface area contributed by atoms with Gasteiger partial charge in [-0.25, -0.2) is 4.39 Å². The predicted octanol–water partition coefficient (Wildman–Crippen LogP) is 5.51. The van der Waals surface area contributed by atoms with Gasteiger partial charge >= 0.3 is 12.1 Å². The molecule has 202 valence electrons. The van der Waals surface area contributed by atoms with Crippen LogP contribution >= 0.6 is 12.2 Å². The lowest BCUT2D eigenvalue weighted by Gasteiger charge is -2.33. The molecule has 0 radical (unpaired) electrons. The minimum atomic E-state index is -4.82. The molecule has 1 saturated carbocycles. The van der Waals surface area contributed by atoms with Crippen molar-refractivity contribution in [1.82, 2.24) is 4.90 Å². The van der Waals surface area contributed by atoms with Crippen molar-refractivity contribution in [2.24, 2.45) is 5.41 Å². The van der Waals surface area contributed by atoms with E-state index in [9.17, 15) is 22.8 Å². The van der Waals surface area contributed by atoms with Crippen LogP contribution in [0.1, 0.15) is 57.6 Å². The van der Waals surface area contributed by atoms with E-state index in [2.05, 4.69) is 0 Å². The largest absolute Gasteiger partial charge is 0.494 e. The van der Waals surface area contributed by atoms with Crippen molar-refractivity contribution in [2.75, 3.05) is 18.1 Å². The number of amides is 1. The van der Waals surface area contributed by atoms with E-state index < -0.39 is 40.0 Å². The molecule has 38 heavy (non-hydrogen) atoms. The summed E-state index contributed by atoms with van der Waals surface area (Å²) < 4.78 is 66.4. The van der Waals surface area contributed by atoms with Gasteiger partial charge in [0.2, 0.25) is 0 Å². The zero-order valence-corrected chi connectivity index (χ0v) is 21.8. The summed E-state index contributed by atoms with van der Waals surface area (Å²) in [4.78, 5) is 27.9. The molecule has 0 atom stereocenters. The Bertz CT molecular complexity index is 1310. The summed E-state index contributed by atoms with van der Waals surface area (Å²) in [5, 5.41) is 8.97. The molecule has 2 aliphatic carbocycles. The molecule has 1 aromatic rings. The first kappa shape index (κ1) is 27.6. The first-order valence-corrected chi connectivity index (χ1v) is 12.4. The fraction of sp³-hybridized carbons (Fsp3) is 0.462. The number of alkyl halides is 3. The van der Waals surface area contributed by atoms with Gasteiger partial charge in [0.05, 0.1) is 29.5 Å². The molecular formula is C26H25F4N3O4S. The summed E-state index contributed by atoms with van der Waals surface area (Å²) >= 11 is 5.50. The van der Waals surface area contributed by atoms with E-state index in [1.54, 1.807) is 20.8 Å². The molecule has 3 aliphatic rings. The van der Waals surface area contributed by atoms with Crippen LogP contribution in [-0.4, -0.2) is 40.6 Å². The molecule has 0 bridgehead atoms. The van der Waals surface area contributed by atoms with Gasteiger partial charge in [-0.1, -0.05) is 0 Å². The number of halogens is 4. The molecule has 0 unspecified atom stereocenters. The van der Waals surface area contributed by atoms with Gasteiger partial charge in [0, 0.05) is 12.1 Å². The Hall–Kier alpha value is -3.46. The second-order valence-electron chi connectivity index (χ2n) is 9.85. The number of allylic oxidation sites excluding steroid dienone is 4. The number of thiocarbonyl (C=S) groups is 1. The number of carbonyl (C=O) groups is 2. The van der Waals surface area contributed by atoms with Crippen molar-refractivity contribution in [2.45, 2.75) is 58.2 Å². The first-order chi connectivity index (χ1) is 17.8. The van der Waals surface area contributed by atoms with Gasteiger partial charge in [0.1, 0.15) is 23.3 Å². The number of carbonyl (C=O) groups excluding carboxylic acids is 2. The van der Waals surface area contributed by atoms with Crippen LogP contribution in [0.2, 0.25) is 0 Å². The molecule has 1 saturated heterocycles. The van der Waals surface area contributed by atoms with E-state index in [4.69, 9.17) is 27.0 Å². The Morgan fingerprint density at radius 2 is 1.92 bits per heavy atom. The lowest BCUT2D eigenvalue weighted by atomic mass is 9.99. The van der Waals surface area contributed by atoms with E-state index >= 15 is 4.39 Å². The number of rotatable bonds is 7. The standard InChI is InChI=1S/C26H25F4N3O4S/c1-4-36-22(35)25(9-10-25)14-37-20-8-7-17(12-19(20)27)33-23(38)32(21(34)24(33,2)3)16-6-5-15(13-31)18(11-16)26(28,29)30/h5-6,11-12H,4,7-10,14H2,1-3H3. The van der Waals surface area contributed by atoms with Crippen LogP contribution in [0.15, 0.2) is 41.6 Å². The van der Waals surface area contributed by atoms with Crippen LogP contribution in [0.5, 0.6) is 0 Å². The number of benzene rings is 1. The topological polar surface area (TPSA) is 82.9 Å². The summed E-state index contributed by atoms with van der Waals surface area (Å²) in [6.45, 7) is 5.03.